The first-order valence-corrected chi connectivity index (χ1v) is 8.90. The topological polar surface area (TPSA) is 81.8 Å². The number of imide groups is 1. The second-order valence-corrected chi connectivity index (χ2v) is 7.62. The summed E-state index contributed by atoms with van der Waals surface area (Å²) in [6.45, 7) is 3.92. The lowest BCUT2D eigenvalue weighted by atomic mass is 9.87. The van der Waals surface area contributed by atoms with Gasteiger partial charge >= 0.3 is 6.03 Å². The lowest BCUT2D eigenvalue weighted by Crippen LogP contribution is -2.69. The fourth-order valence-electron chi connectivity index (χ4n) is 3.78. The lowest BCUT2D eigenvalue weighted by Gasteiger charge is -2.46. The molecule has 2 saturated heterocycles. The van der Waals surface area contributed by atoms with Crippen molar-refractivity contribution in [3.63, 3.8) is 0 Å². The number of rotatable bonds is 3. The second kappa shape index (κ2) is 6.72. The Morgan fingerprint density at radius 3 is 2.46 bits per heavy atom. The van der Waals surface area contributed by atoms with Gasteiger partial charge in [0.25, 0.3) is 0 Å². The number of fused-ring (bicyclic) bond motifs is 1. The molecule has 0 spiro atoms. The summed E-state index contributed by atoms with van der Waals surface area (Å²) in [7, 11) is 3.16. The van der Waals surface area contributed by atoms with E-state index in [0.717, 1.165) is 10.5 Å². The quantitative estimate of drug-likeness (QED) is 0.852. The number of amides is 4. The molecule has 1 aromatic rings. The third kappa shape index (κ3) is 3.19. The molecular weight excluding hydrogens is 332 g/mol. The minimum atomic E-state index is -0.513. The van der Waals surface area contributed by atoms with Crippen LogP contribution < -0.4 is 10.6 Å². The van der Waals surface area contributed by atoms with Gasteiger partial charge in [0, 0.05) is 14.1 Å². The smallest absolute Gasteiger partial charge is 0.327 e. The highest BCUT2D eigenvalue weighted by atomic mass is 16.2. The molecule has 0 bridgehead atoms. The summed E-state index contributed by atoms with van der Waals surface area (Å²) in [4.78, 5) is 40.0. The standard InChI is InChI=1S/C19H26N4O3/c1-19(2,12-8-6-5-7-9-12)21-16(24)14-11-10-13-15(20-14)22(3)18(26)23(4)17(13)25/h5-9,13-15,20H,10-11H2,1-4H3,(H,21,24). The zero-order valence-corrected chi connectivity index (χ0v) is 15.7. The van der Waals surface area contributed by atoms with Crippen LogP contribution in [0.2, 0.25) is 0 Å². The molecule has 3 atom stereocenters. The molecule has 2 fully saturated rings. The van der Waals surface area contributed by atoms with Gasteiger partial charge in [-0.15, -0.1) is 0 Å². The van der Waals surface area contributed by atoms with Gasteiger partial charge in [-0.25, -0.2) is 4.79 Å². The Morgan fingerprint density at radius 2 is 1.81 bits per heavy atom. The molecule has 0 aromatic heterocycles. The maximum atomic E-state index is 12.8. The Morgan fingerprint density at radius 1 is 1.15 bits per heavy atom. The Balaban J connectivity index is 1.71. The van der Waals surface area contributed by atoms with Crippen LogP contribution in [0.3, 0.4) is 0 Å². The highest BCUT2D eigenvalue weighted by molar-refractivity contribution is 5.98. The van der Waals surface area contributed by atoms with Gasteiger partial charge in [0.05, 0.1) is 23.7 Å². The van der Waals surface area contributed by atoms with E-state index in [4.69, 9.17) is 0 Å². The number of nitrogens with one attached hydrogen (secondary N) is 2. The summed E-state index contributed by atoms with van der Waals surface area (Å²) < 4.78 is 0. The van der Waals surface area contributed by atoms with E-state index >= 15 is 0 Å². The minimum absolute atomic E-state index is 0.121. The number of piperidine rings is 1. The van der Waals surface area contributed by atoms with Crippen LogP contribution in [0.1, 0.15) is 32.3 Å². The first-order valence-electron chi connectivity index (χ1n) is 8.90. The molecule has 3 rings (SSSR count). The molecule has 0 aliphatic carbocycles. The summed E-state index contributed by atoms with van der Waals surface area (Å²) in [6, 6.07) is 8.99. The molecule has 140 valence electrons. The molecule has 1 aromatic carbocycles. The van der Waals surface area contributed by atoms with Gasteiger partial charge < -0.3 is 10.2 Å². The predicted octanol–water partition coefficient (Wildman–Crippen LogP) is 1.26. The number of carbonyl (C=O) groups is 3. The van der Waals surface area contributed by atoms with Gasteiger partial charge in [0.2, 0.25) is 11.8 Å². The van der Waals surface area contributed by atoms with E-state index in [9.17, 15) is 14.4 Å². The molecule has 26 heavy (non-hydrogen) atoms. The zero-order chi connectivity index (χ0) is 19.1. The average molecular weight is 358 g/mol. The number of hydrogen-bond donors (Lipinski definition) is 2. The summed E-state index contributed by atoms with van der Waals surface area (Å²) in [6.07, 6.45) is 0.678. The van der Waals surface area contributed by atoms with Crippen molar-refractivity contribution in [3.05, 3.63) is 35.9 Å². The van der Waals surface area contributed by atoms with Gasteiger partial charge in [-0.3, -0.25) is 19.8 Å². The van der Waals surface area contributed by atoms with Crippen molar-refractivity contribution in [1.29, 1.82) is 0 Å². The normalized spacial score (nSPS) is 26.5. The van der Waals surface area contributed by atoms with Crippen LogP contribution in [-0.4, -0.2) is 53.9 Å². The van der Waals surface area contributed by atoms with E-state index in [1.807, 2.05) is 44.2 Å². The molecule has 7 nitrogen and oxygen atoms in total. The summed E-state index contributed by atoms with van der Waals surface area (Å²) in [5.41, 5.74) is 0.505. The molecule has 0 radical (unpaired) electrons. The zero-order valence-electron chi connectivity index (χ0n) is 15.7. The van der Waals surface area contributed by atoms with Crippen LogP contribution in [0.4, 0.5) is 4.79 Å². The van der Waals surface area contributed by atoms with Crippen LogP contribution in [0, 0.1) is 5.92 Å². The third-order valence-corrected chi connectivity index (χ3v) is 5.42. The summed E-state index contributed by atoms with van der Waals surface area (Å²) in [5.74, 6) is -0.618. The molecule has 3 unspecified atom stereocenters. The van der Waals surface area contributed by atoms with Crippen molar-refractivity contribution in [3.8, 4) is 0 Å². The number of benzene rings is 1. The van der Waals surface area contributed by atoms with Gasteiger partial charge in [-0.2, -0.15) is 0 Å². The average Bonchev–Trinajstić information content (AvgIpc) is 2.64. The fourth-order valence-corrected chi connectivity index (χ4v) is 3.78. The number of urea groups is 1. The summed E-state index contributed by atoms with van der Waals surface area (Å²) in [5, 5.41) is 6.29. The number of hydrogen-bond acceptors (Lipinski definition) is 4. The van der Waals surface area contributed by atoms with E-state index in [1.165, 1.54) is 11.9 Å². The van der Waals surface area contributed by atoms with Crippen LogP contribution in [0.5, 0.6) is 0 Å². The Kier molecular flexibility index (Phi) is 4.75. The van der Waals surface area contributed by atoms with Crippen molar-refractivity contribution >= 4 is 17.8 Å². The van der Waals surface area contributed by atoms with Crippen molar-refractivity contribution in [2.45, 2.75) is 44.4 Å². The number of carbonyl (C=O) groups excluding carboxylic acids is 3. The van der Waals surface area contributed by atoms with Gasteiger partial charge in [-0.1, -0.05) is 30.3 Å². The maximum absolute atomic E-state index is 12.8. The monoisotopic (exact) mass is 358 g/mol. The van der Waals surface area contributed by atoms with Gasteiger partial charge in [0.15, 0.2) is 0 Å². The van der Waals surface area contributed by atoms with Gasteiger partial charge in [-0.05, 0) is 32.3 Å². The predicted molar refractivity (Wildman–Crippen MR) is 97.0 cm³/mol. The second-order valence-electron chi connectivity index (χ2n) is 7.62. The van der Waals surface area contributed by atoms with Crippen LogP contribution >= 0.6 is 0 Å². The molecule has 2 aliphatic rings. The van der Waals surface area contributed by atoms with E-state index in [1.54, 1.807) is 7.05 Å². The molecule has 2 heterocycles. The van der Waals surface area contributed by atoms with E-state index in [2.05, 4.69) is 10.6 Å². The SMILES string of the molecule is CN1C(=O)C2CCC(C(=O)NC(C)(C)c3ccccc3)NC2N(C)C1=O. The minimum Gasteiger partial charge on any atom is -0.346 e. The van der Waals surface area contributed by atoms with E-state index in [0.29, 0.717) is 12.8 Å². The molecular formula is C19H26N4O3. The highest BCUT2D eigenvalue weighted by Gasteiger charge is 2.47. The maximum Gasteiger partial charge on any atom is 0.327 e. The van der Waals surface area contributed by atoms with E-state index in [-0.39, 0.29) is 23.8 Å². The Labute approximate surface area is 153 Å². The van der Waals surface area contributed by atoms with Crippen molar-refractivity contribution in [1.82, 2.24) is 20.4 Å². The first kappa shape index (κ1) is 18.4. The molecule has 7 heteroatoms. The Bertz CT molecular complexity index is 719. The largest absolute Gasteiger partial charge is 0.346 e. The number of nitrogens with zero attached hydrogens (tertiary/aromatic N) is 2. The van der Waals surface area contributed by atoms with Gasteiger partial charge in [0.1, 0.15) is 0 Å². The van der Waals surface area contributed by atoms with E-state index < -0.39 is 17.7 Å². The molecule has 2 aliphatic heterocycles. The Hall–Kier alpha value is -2.41. The fraction of sp³-hybridized carbons (Fsp3) is 0.526. The summed E-state index contributed by atoms with van der Waals surface area (Å²) >= 11 is 0. The van der Waals surface area contributed by atoms with Crippen molar-refractivity contribution in [2.75, 3.05) is 14.1 Å². The van der Waals surface area contributed by atoms with Crippen molar-refractivity contribution in [2.24, 2.45) is 5.92 Å². The third-order valence-electron chi connectivity index (χ3n) is 5.42. The van der Waals surface area contributed by atoms with Crippen molar-refractivity contribution < 1.29 is 14.4 Å². The molecule has 4 amide bonds. The molecule has 0 saturated carbocycles. The van der Waals surface area contributed by atoms with Crippen LogP contribution in [-0.2, 0) is 15.1 Å². The van der Waals surface area contributed by atoms with Crippen LogP contribution in [0.15, 0.2) is 30.3 Å². The lowest BCUT2D eigenvalue weighted by molar-refractivity contribution is -0.142. The molecule has 2 N–H and O–H groups in total. The first-order chi connectivity index (χ1) is 12.2. The van der Waals surface area contributed by atoms with Crippen LogP contribution in [0.25, 0.3) is 0 Å². The highest BCUT2D eigenvalue weighted by Crippen LogP contribution is 2.29.